The minimum Gasteiger partial charge on any atom is -0.673 e. The van der Waals surface area contributed by atoms with Gasteiger partial charge in [-0.3, -0.25) is 0 Å². The van der Waals surface area contributed by atoms with Gasteiger partial charge in [0.05, 0.1) is 0 Å². The Kier molecular flexibility index (Phi) is 12.1. The molecule has 0 aromatic heterocycles. The molecule has 1 unspecified atom stereocenters. The molecule has 1 aliphatic rings. The summed E-state index contributed by atoms with van der Waals surface area (Å²) in [6.45, 7) is 19.0. The average molecular weight is 454 g/mol. The number of hydrogen-bond acceptors (Lipinski definition) is 0. The molecule has 1 atom stereocenters. The van der Waals surface area contributed by atoms with Crippen molar-refractivity contribution in [3.8, 4) is 0 Å². The van der Waals surface area contributed by atoms with Crippen LogP contribution in [-0.2, 0) is 21.7 Å². The Morgan fingerprint density at radius 1 is 0.893 bits per heavy atom. The van der Waals surface area contributed by atoms with E-state index in [9.17, 15) is 0 Å². The first-order chi connectivity index (χ1) is 11.5. The largest absolute Gasteiger partial charge is 2.00 e. The Bertz CT molecular complexity index is 855. The minimum atomic E-state index is -0.250. The van der Waals surface area contributed by atoms with Crippen LogP contribution in [0.2, 0.25) is 0 Å². The number of halogens is 2. The molecule has 1 aliphatic carbocycles. The predicted octanol–water partition coefficient (Wildman–Crippen LogP) is 8.46. The summed E-state index contributed by atoms with van der Waals surface area (Å²) in [5, 5.41) is 2.53. The van der Waals surface area contributed by atoms with Crippen LogP contribution >= 0.6 is 24.8 Å². The first-order valence-electron chi connectivity index (χ1n) is 9.00. The fourth-order valence-electron chi connectivity index (χ4n) is 3.39. The standard InChI is InChI=1S/C20H21.C4H10N.2ClH.Ti/c1-12-13(2)15(4)20(14(12)3)19-11-10-17-8-6-7-9-18(17)16(19)5;1-4(2,3)5;;;/h6-11,14H,5H2,1-4H3;5H,1-3H3;2*1H;/q2*-1;;;+2. The Labute approximate surface area is 198 Å². The van der Waals surface area contributed by atoms with Crippen molar-refractivity contribution in [2.75, 3.05) is 0 Å². The van der Waals surface area contributed by atoms with Crippen molar-refractivity contribution in [2.45, 2.75) is 54.0 Å². The zero-order valence-corrected chi connectivity index (χ0v) is 21.3. The predicted molar refractivity (Wildman–Crippen MR) is 127 cm³/mol. The maximum Gasteiger partial charge on any atom is 2.00 e. The summed E-state index contributed by atoms with van der Waals surface area (Å²) < 4.78 is 0. The second-order valence-corrected chi connectivity index (χ2v) is 8.13. The maximum absolute atomic E-state index is 6.94. The van der Waals surface area contributed by atoms with Gasteiger partial charge in [-0.25, -0.2) is 0 Å². The third-order valence-corrected chi connectivity index (χ3v) is 4.97. The van der Waals surface area contributed by atoms with E-state index in [1.54, 1.807) is 0 Å². The minimum absolute atomic E-state index is 0. The van der Waals surface area contributed by atoms with Gasteiger partial charge in [0.1, 0.15) is 0 Å². The van der Waals surface area contributed by atoms with Crippen LogP contribution in [0.25, 0.3) is 22.1 Å². The van der Waals surface area contributed by atoms with Crippen LogP contribution in [0, 0.1) is 12.8 Å². The molecular weight excluding hydrogens is 421 g/mol. The summed E-state index contributed by atoms with van der Waals surface area (Å²) in [6.07, 6.45) is 0. The molecule has 4 heteroatoms. The normalized spacial score (nSPS) is 15.9. The molecule has 0 radical (unpaired) electrons. The van der Waals surface area contributed by atoms with Gasteiger partial charge in [0.2, 0.25) is 0 Å². The Morgan fingerprint density at radius 3 is 1.86 bits per heavy atom. The molecule has 2 aromatic carbocycles. The van der Waals surface area contributed by atoms with Crippen LogP contribution in [-0.4, -0.2) is 5.54 Å². The van der Waals surface area contributed by atoms with Gasteiger partial charge in [-0.05, 0) is 32.3 Å². The first-order valence-corrected chi connectivity index (χ1v) is 9.00. The third kappa shape index (κ3) is 6.68. The smallest absolute Gasteiger partial charge is 0.673 e. The van der Waals surface area contributed by atoms with Crippen molar-refractivity contribution in [3.05, 3.63) is 76.9 Å². The fraction of sp³-hybridized carbons (Fsp3) is 0.375. The van der Waals surface area contributed by atoms with Crippen molar-refractivity contribution in [1.29, 1.82) is 0 Å². The quantitative estimate of drug-likeness (QED) is 0.305. The number of fused-ring (bicyclic) bond motifs is 1. The van der Waals surface area contributed by atoms with E-state index in [1.165, 1.54) is 38.6 Å². The third-order valence-electron chi connectivity index (χ3n) is 4.97. The number of benzene rings is 2. The molecule has 28 heavy (non-hydrogen) atoms. The number of hydrogen-bond donors (Lipinski definition) is 0. The van der Waals surface area contributed by atoms with E-state index in [4.69, 9.17) is 5.73 Å². The van der Waals surface area contributed by atoms with Crippen LogP contribution < -0.4 is 0 Å². The van der Waals surface area contributed by atoms with Crippen molar-refractivity contribution in [1.82, 2.24) is 0 Å². The van der Waals surface area contributed by atoms with Gasteiger partial charge >= 0.3 is 21.7 Å². The van der Waals surface area contributed by atoms with E-state index in [-0.39, 0.29) is 52.1 Å². The van der Waals surface area contributed by atoms with E-state index in [0.717, 1.165) is 5.56 Å². The molecule has 1 nitrogen and oxygen atoms in total. The molecule has 2 aromatic rings. The maximum atomic E-state index is 6.94. The summed E-state index contributed by atoms with van der Waals surface area (Å²) in [5.41, 5.74) is 15.0. The van der Waals surface area contributed by atoms with Crippen molar-refractivity contribution in [3.63, 3.8) is 0 Å². The zero-order chi connectivity index (χ0) is 18.9. The molecule has 0 saturated heterocycles. The molecular formula is C24H33Cl2NTi. The molecule has 0 saturated carbocycles. The summed E-state index contributed by atoms with van der Waals surface area (Å²) >= 11 is 0. The molecule has 0 aliphatic heterocycles. The van der Waals surface area contributed by atoms with Gasteiger partial charge in [-0.1, -0.05) is 74.1 Å². The summed E-state index contributed by atoms with van der Waals surface area (Å²) in [7, 11) is 0. The number of nitrogens with one attached hydrogen (secondary N) is 1. The van der Waals surface area contributed by atoms with Crippen molar-refractivity contribution < 1.29 is 21.7 Å². The van der Waals surface area contributed by atoms with E-state index in [1.807, 2.05) is 20.8 Å². The molecule has 3 rings (SSSR count). The van der Waals surface area contributed by atoms with Gasteiger partial charge in [0, 0.05) is 0 Å². The second kappa shape index (κ2) is 11.5. The SMILES string of the molecule is CC(C)(C)[NH-].Cl.Cl.[CH2-]c1c(C2=C(C)C(C)=C(C)C2C)ccc2ccccc12.[Ti+2]. The van der Waals surface area contributed by atoms with E-state index in [0.29, 0.717) is 5.92 Å². The van der Waals surface area contributed by atoms with E-state index >= 15 is 0 Å². The number of rotatable bonds is 1. The van der Waals surface area contributed by atoms with Gasteiger partial charge in [0.15, 0.2) is 0 Å². The molecule has 0 bridgehead atoms. The molecule has 0 heterocycles. The summed E-state index contributed by atoms with van der Waals surface area (Å²) in [4.78, 5) is 0. The van der Waals surface area contributed by atoms with Crippen molar-refractivity contribution >= 4 is 41.2 Å². The van der Waals surface area contributed by atoms with Crippen LogP contribution in [0.4, 0.5) is 0 Å². The van der Waals surface area contributed by atoms with Crippen LogP contribution in [0.3, 0.4) is 0 Å². The van der Waals surface area contributed by atoms with Gasteiger partial charge in [-0.15, -0.1) is 53.4 Å². The summed E-state index contributed by atoms with van der Waals surface area (Å²) in [5.74, 6) is 0.497. The van der Waals surface area contributed by atoms with E-state index < -0.39 is 0 Å². The first kappa shape index (κ1) is 29.5. The Hall–Kier alpha value is -0.696. The van der Waals surface area contributed by atoms with E-state index in [2.05, 4.69) is 71.0 Å². The fourth-order valence-corrected chi connectivity index (χ4v) is 3.39. The Balaban J connectivity index is 0. The van der Waals surface area contributed by atoms with Crippen LogP contribution in [0.15, 0.2) is 53.1 Å². The van der Waals surface area contributed by atoms with Crippen molar-refractivity contribution in [2.24, 2.45) is 5.92 Å². The molecule has 0 amide bonds. The van der Waals surface area contributed by atoms with Gasteiger partial charge < -0.3 is 5.73 Å². The Morgan fingerprint density at radius 2 is 1.39 bits per heavy atom. The topological polar surface area (TPSA) is 23.8 Å². The molecule has 1 N–H and O–H groups in total. The zero-order valence-electron chi connectivity index (χ0n) is 18.1. The average Bonchev–Trinajstić information content (AvgIpc) is 2.71. The molecule has 0 fully saturated rings. The van der Waals surface area contributed by atoms with Gasteiger partial charge in [-0.2, -0.15) is 12.5 Å². The second-order valence-electron chi connectivity index (χ2n) is 8.13. The van der Waals surface area contributed by atoms with Crippen LogP contribution in [0.1, 0.15) is 59.6 Å². The monoisotopic (exact) mass is 453 g/mol. The molecule has 0 spiro atoms. The van der Waals surface area contributed by atoms with Gasteiger partial charge in [0.25, 0.3) is 0 Å². The number of allylic oxidation sites excluding steroid dienone is 4. The molecule has 152 valence electrons. The van der Waals surface area contributed by atoms with Crippen LogP contribution in [0.5, 0.6) is 0 Å². The summed E-state index contributed by atoms with van der Waals surface area (Å²) in [6, 6.07) is 13.0.